The van der Waals surface area contributed by atoms with Crippen LogP contribution in [0.3, 0.4) is 0 Å². The Hall–Kier alpha value is -0.540. The molecule has 1 unspecified atom stereocenters. The third-order valence-electron chi connectivity index (χ3n) is 2.27. The second-order valence-electron chi connectivity index (χ2n) is 3.92. The first-order valence-electron chi connectivity index (χ1n) is 5.48. The van der Waals surface area contributed by atoms with E-state index < -0.39 is 37.0 Å². The van der Waals surface area contributed by atoms with Crippen molar-refractivity contribution in [2.75, 3.05) is 5.75 Å². The summed E-state index contributed by atoms with van der Waals surface area (Å²) in [5, 5.41) is -0.342. The summed E-state index contributed by atoms with van der Waals surface area (Å²) in [5.41, 5.74) is 0. The van der Waals surface area contributed by atoms with Gasteiger partial charge in [0, 0.05) is 18.6 Å². The van der Waals surface area contributed by atoms with E-state index in [4.69, 9.17) is 0 Å². The van der Waals surface area contributed by atoms with Crippen LogP contribution >= 0.6 is 11.8 Å². The van der Waals surface area contributed by atoms with E-state index >= 15 is 0 Å². The minimum atomic E-state index is -6.39. The van der Waals surface area contributed by atoms with Gasteiger partial charge in [-0.2, -0.15) is 22.0 Å². The van der Waals surface area contributed by atoms with E-state index in [1.807, 2.05) is 0 Å². The van der Waals surface area contributed by atoms with E-state index in [1.54, 1.807) is 0 Å². The van der Waals surface area contributed by atoms with Crippen molar-refractivity contribution in [2.45, 2.75) is 50.4 Å². The van der Waals surface area contributed by atoms with Crippen LogP contribution in [0.25, 0.3) is 0 Å². The second-order valence-corrected chi connectivity index (χ2v) is 5.07. The Kier molecular flexibility index (Phi) is 6.76. The number of carbonyl (C=O) groups is 1. The van der Waals surface area contributed by atoms with E-state index in [9.17, 15) is 39.9 Å². The lowest BCUT2D eigenvalue weighted by Crippen LogP contribution is -2.53. The zero-order chi connectivity index (χ0) is 16.2. The highest BCUT2D eigenvalue weighted by Crippen LogP contribution is 2.46. The smallest absolute Gasteiger partial charge is 0.287 e. The van der Waals surface area contributed by atoms with Gasteiger partial charge in [0.1, 0.15) is 0 Å². The van der Waals surface area contributed by atoms with Gasteiger partial charge >= 0.3 is 12.1 Å². The van der Waals surface area contributed by atoms with Crippen molar-refractivity contribution in [3.63, 3.8) is 0 Å². The van der Waals surface area contributed by atoms with Gasteiger partial charge in [-0.1, -0.05) is 18.7 Å². The van der Waals surface area contributed by atoms with Crippen LogP contribution in [0.15, 0.2) is 0 Å². The summed E-state index contributed by atoms with van der Waals surface area (Å²) >= 11 is 0.637. The van der Waals surface area contributed by atoms with E-state index in [0.717, 1.165) is 0 Å². The molecular weight excluding hydrogens is 320 g/mol. The molecule has 0 fully saturated rings. The minimum Gasteiger partial charge on any atom is -0.287 e. The summed E-state index contributed by atoms with van der Waals surface area (Å²) in [5.74, 6) is -11.1. The van der Waals surface area contributed by atoms with Crippen molar-refractivity contribution in [2.24, 2.45) is 0 Å². The van der Waals surface area contributed by atoms with Gasteiger partial charge < -0.3 is 0 Å². The Labute approximate surface area is 114 Å². The molecule has 0 aliphatic carbocycles. The number of alkyl halides is 8. The summed E-state index contributed by atoms with van der Waals surface area (Å²) in [7, 11) is 0. The normalized spacial score (nSPS) is 15.2. The van der Waals surface area contributed by atoms with Crippen molar-refractivity contribution in [3.8, 4) is 0 Å². The first-order chi connectivity index (χ1) is 8.86. The standard InChI is InChI=1S/C10H12F8OS/c1-2-6(19)20-5-3-4-8(12,13)7(11)9(14,15)10(16,17)18/h7H,2-5H2,1H3. The molecule has 0 N–H and O–H groups in total. The highest BCUT2D eigenvalue weighted by atomic mass is 32.2. The zero-order valence-electron chi connectivity index (χ0n) is 10.2. The maximum Gasteiger partial charge on any atom is 0.456 e. The molecule has 0 radical (unpaired) electrons. The number of carbonyl (C=O) groups excluding carboxylic acids is 1. The van der Waals surface area contributed by atoms with E-state index in [0.29, 0.717) is 11.8 Å². The lowest BCUT2D eigenvalue weighted by molar-refractivity contribution is -0.327. The van der Waals surface area contributed by atoms with Crippen molar-refractivity contribution in [1.29, 1.82) is 0 Å². The summed E-state index contributed by atoms with van der Waals surface area (Å²) < 4.78 is 99.1. The Bertz CT molecular complexity index is 328. The van der Waals surface area contributed by atoms with Crippen LogP contribution in [0.2, 0.25) is 0 Å². The Morgan fingerprint density at radius 2 is 1.60 bits per heavy atom. The Balaban J connectivity index is 4.53. The van der Waals surface area contributed by atoms with Gasteiger partial charge in [0.2, 0.25) is 6.17 Å². The SMILES string of the molecule is CCC(=O)SCCCC(F)(F)C(F)C(F)(F)C(F)(F)F. The molecule has 0 saturated carbocycles. The molecule has 0 bridgehead atoms. The Morgan fingerprint density at radius 3 is 2.00 bits per heavy atom. The lowest BCUT2D eigenvalue weighted by Gasteiger charge is -2.28. The van der Waals surface area contributed by atoms with Gasteiger partial charge in [-0.15, -0.1) is 0 Å². The van der Waals surface area contributed by atoms with Crippen molar-refractivity contribution in [1.82, 2.24) is 0 Å². The molecular formula is C10H12F8OS. The molecule has 0 aliphatic rings. The lowest BCUT2D eigenvalue weighted by atomic mass is 10.0. The van der Waals surface area contributed by atoms with Crippen LogP contribution in [0.4, 0.5) is 35.1 Å². The first kappa shape index (κ1) is 19.5. The minimum absolute atomic E-state index is 0.124. The number of rotatable bonds is 7. The fourth-order valence-corrected chi connectivity index (χ4v) is 1.85. The third-order valence-corrected chi connectivity index (χ3v) is 3.38. The molecule has 0 aromatic carbocycles. The molecule has 0 saturated heterocycles. The number of thioether (sulfide) groups is 1. The van der Waals surface area contributed by atoms with E-state index in [-0.39, 0.29) is 17.3 Å². The molecule has 1 nitrogen and oxygen atoms in total. The van der Waals surface area contributed by atoms with Crippen LogP contribution < -0.4 is 0 Å². The first-order valence-corrected chi connectivity index (χ1v) is 6.47. The Morgan fingerprint density at radius 1 is 1.10 bits per heavy atom. The summed E-state index contributed by atoms with van der Waals surface area (Å²) in [6.07, 6.45) is -13.0. The molecule has 10 heteroatoms. The summed E-state index contributed by atoms with van der Waals surface area (Å²) in [4.78, 5) is 10.8. The largest absolute Gasteiger partial charge is 0.456 e. The molecule has 0 heterocycles. The van der Waals surface area contributed by atoms with Crippen molar-refractivity contribution in [3.05, 3.63) is 0 Å². The predicted octanol–water partition coefficient (Wildman–Crippen LogP) is 4.61. The molecule has 0 aromatic heterocycles. The molecule has 1 atom stereocenters. The maximum absolute atomic E-state index is 13.0. The monoisotopic (exact) mass is 332 g/mol. The van der Waals surface area contributed by atoms with Crippen molar-refractivity contribution < 1.29 is 39.9 Å². The predicted molar refractivity (Wildman–Crippen MR) is 57.8 cm³/mol. The van der Waals surface area contributed by atoms with Gasteiger partial charge in [-0.05, 0) is 6.42 Å². The van der Waals surface area contributed by atoms with E-state index in [2.05, 4.69) is 0 Å². The zero-order valence-corrected chi connectivity index (χ0v) is 11.1. The molecule has 0 amide bonds. The molecule has 0 aromatic rings. The quantitative estimate of drug-likeness (QED) is 0.500. The van der Waals surface area contributed by atoms with Crippen LogP contribution in [-0.4, -0.2) is 35.1 Å². The number of halogens is 8. The highest BCUT2D eigenvalue weighted by Gasteiger charge is 2.69. The maximum atomic E-state index is 13.0. The van der Waals surface area contributed by atoms with Crippen LogP contribution in [0.1, 0.15) is 26.2 Å². The van der Waals surface area contributed by atoms with Gasteiger partial charge in [0.15, 0.2) is 5.12 Å². The second kappa shape index (κ2) is 6.95. The third kappa shape index (κ3) is 5.10. The van der Waals surface area contributed by atoms with Crippen LogP contribution in [-0.2, 0) is 4.79 Å². The fourth-order valence-electron chi connectivity index (χ4n) is 1.13. The van der Waals surface area contributed by atoms with Crippen LogP contribution in [0.5, 0.6) is 0 Å². The van der Waals surface area contributed by atoms with Gasteiger partial charge in [-0.3, -0.25) is 4.79 Å². The molecule has 0 aliphatic heterocycles. The fraction of sp³-hybridized carbons (Fsp3) is 0.900. The average Bonchev–Trinajstić information content (AvgIpc) is 2.31. The average molecular weight is 332 g/mol. The molecule has 0 rings (SSSR count). The van der Waals surface area contributed by atoms with Gasteiger partial charge in [0.05, 0.1) is 0 Å². The summed E-state index contributed by atoms with van der Waals surface area (Å²) in [6, 6.07) is 0. The number of hydrogen-bond acceptors (Lipinski definition) is 2. The van der Waals surface area contributed by atoms with Gasteiger partial charge in [-0.25, -0.2) is 13.2 Å². The molecule has 120 valence electrons. The molecule has 0 spiro atoms. The van der Waals surface area contributed by atoms with E-state index in [1.165, 1.54) is 6.92 Å². The summed E-state index contributed by atoms with van der Waals surface area (Å²) in [6.45, 7) is 1.51. The van der Waals surface area contributed by atoms with Crippen LogP contribution in [0, 0.1) is 0 Å². The highest BCUT2D eigenvalue weighted by molar-refractivity contribution is 8.13. The topological polar surface area (TPSA) is 17.1 Å². The number of hydrogen-bond donors (Lipinski definition) is 0. The van der Waals surface area contributed by atoms with Gasteiger partial charge in [0.25, 0.3) is 5.92 Å². The molecule has 20 heavy (non-hydrogen) atoms. The van der Waals surface area contributed by atoms with Crippen molar-refractivity contribution >= 4 is 16.9 Å².